The third-order valence-electron chi connectivity index (χ3n) is 3.50. The van der Waals surface area contributed by atoms with E-state index in [1.54, 1.807) is 12.5 Å². The zero-order valence-corrected chi connectivity index (χ0v) is 11.1. The summed E-state index contributed by atoms with van der Waals surface area (Å²) in [7, 11) is 0. The average molecular weight is 247 g/mol. The number of hydrogen-bond donors (Lipinski definition) is 1. The third-order valence-corrected chi connectivity index (χ3v) is 3.50. The molecule has 1 atom stereocenters. The molecule has 0 aromatic carbocycles. The van der Waals surface area contributed by atoms with Gasteiger partial charge >= 0.3 is 0 Å². The van der Waals surface area contributed by atoms with Gasteiger partial charge in [-0.15, -0.1) is 10.2 Å². The Bertz CT molecular complexity index is 491. The Kier molecular flexibility index (Phi) is 4.25. The molecule has 0 aliphatic heterocycles. The first-order chi connectivity index (χ1) is 8.72. The fraction of sp³-hybridized carbons (Fsp3) is 0.615. The molecule has 2 rings (SSSR count). The summed E-state index contributed by atoms with van der Waals surface area (Å²) in [5, 5.41) is 8.36. The molecule has 2 heterocycles. The van der Waals surface area contributed by atoms with Crippen LogP contribution in [0.3, 0.4) is 0 Å². The molecule has 0 radical (unpaired) electrons. The summed E-state index contributed by atoms with van der Waals surface area (Å²) in [6.07, 6.45) is 6.62. The van der Waals surface area contributed by atoms with E-state index in [2.05, 4.69) is 29.0 Å². The van der Waals surface area contributed by atoms with Gasteiger partial charge in [0.25, 0.3) is 0 Å². The van der Waals surface area contributed by atoms with Crippen LogP contribution in [-0.4, -0.2) is 26.1 Å². The lowest BCUT2D eigenvalue weighted by Gasteiger charge is -2.19. The summed E-state index contributed by atoms with van der Waals surface area (Å²) in [4.78, 5) is 4.11. The molecule has 0 bridgehead atoms. The Balaban J connectivity index is 2.05. The van der Waals surface area contributed by atoms with Crippen molar-refractivity contribution in [2.45, 2.75) is 33.1 Å². The molecular formula is C13H21N5. The largest absolute Gasteiger partial charge is 0.330 e. The highest BCUT2D eigenvalue weighted by molar-refractivity contribution is 5.35. The van der Waals surface area contributed by atoms with Crippen LogP contribution in [-0.2, 0) is 6.42 Å². The highest BCUT2D eigenvalue weighted by Crippen LogP contribution is 2.20. The topological polar surface area (TPSA) is 69.1 Å². The summed E-state index contributed by atoms with van der Waals surface area (Å²) in [6, 6.07) is 1.87. The Morgan fingerprint density at radius 2 is 2.11 bits per heavy atom. The second kappa shape index (κ2) is 5.91. The van der Waals surface area contributed by atoms with Gasteiger partial charge in [-0.2, -0.15) is 0 Å². The van der Waals surface area contributed by atoms with Crippen LogP contribution in [0.2, 0.25) is 0 Å². The molecule has 0 saturated heterocycles. The fourth-order valence-corrected chi connectivity index (χ4v) is 2.30. The molecule has 5 nitrogen and oxygen atoms in total. The zero-order chi connectivity index (χ0) is 13.0. The van der Waals surface area contributed by atoms with Crippen molar-refractivity contribution < 1.29 is 0 Å². The van der Waals surface area contributed by atoms with Crippen LogP contribution in [0.25, 0.3) is 5.65 Å². The molecule has 1 unspecified atom stereocenters. The molecule has 0 aliphatic rings. The number of aromatic nitrogens is 4. The third kappa shape index (κ3) is 2.85. The summed E-state index contributed by atoms with van der Waals surface area (Å²) >= 11 is 0. The molecule has 0 fully saturated rings. The first kappa shape index (κ1) is 13.0. The van der Waals surface area contributed by atoms with Gasteiger partial charge in [-0.25, -0.2) is 4.98 Å². The van der Waals surface area contributed by atoms with Crippen molar-refractivity contribution in [3.05, 3.63) is 24.4 Å². The van der Waals surface area contributed by atoms with Crippen LogP contribution in [0.4, 0.5) is 0 Å². The maximum Gasteiger partial charge on any atom is 0.163 e. The van der Waals surface area contributed by atoms with Gasteiger partial charge in [-0.3, -0.25) is 4.40 Å². The molecule has 2 N–H and O–H groups in total. The van der Waals surface area contributed by atoms with Crippen molar-refractivity contribution in [1.82, 2.24) is 19.6 Å². The quantitative estimate of drug-likeness (QED) is 0.843. The molecular weight excluding hydrogens is 226 g/mol. The van der Waals surface area contributed by atoms with Crippen molar-refractivity contribution in [3.8, 4) is 0 Å². The standard InChI is InChI=1S/C13H21N5/c1-10(2)11(5-7-14)3-4-12-16-17-13-6-8-15-9-18(12)13/h6,8-11H,3-5,7,14H2,1-2H3. The van der Waals surface area contributed by atoms with Crippen LogP contribution in [0.1, 0.15) is 32.5 Å². The number of fused-ring (bicyclic) bond motifs is 1. The van der Waals surface area contributed by atoms with Crippen molar-refractivity contribution in [3.63, 3.8) is 0 Å². The van der Waals surface area contributed by atoms with Gasteiger partial charge in [-0.1, -0.05) is 13.8 Å². The first-order valence-electron chi connectivity index (χ1n) is 6.56. The smallest absolute Gasteiger partial charge is 0.163 e. The molecule has 2 aromatic rings. The van der Waals surface area contributed by atoms with E-state index in [9.17, 15) is 0 Å². The lowest BCUT2D eigenvalue weighted by atomic mass is 9.88. The minimum absolute atomic E-state index is 0.652. The SMILES string of the molecule is CC(C)C(CCN)CCc1nnc2ccncn12. The maximum atomic E-state index is 5.66. The van der Waals surface area contributed by atoms with Gasteiger partial charge in [0.15, 0.2) is 5.65 Å². The molecule has 18 heavy (non-hydrogen) atoms. The lowest BCUT2D eigenvalue weighted by molar-refractivity contribution is 0.339. The summed E-state index contributed by atoms with van der Waals surface area (Å²) in [5.74, 6) is 2.30. The van der Waals surface area contributed by atoms with Crippen LogP contribution in [0.5, 0.6) is 0 Å². The van der Waals surface area contributed by atoms with Gasteiger partial charge in [-0.05, 0) is 31.2 Å². The number of hydrogen-bond acceptors (Lipinski definition) is 4. The zero-order valence-electron chi connectivity index (χ0n) is 11.1. The number of nitrogens with two attached hydrogens (primary N) is 1. The normalized spacial score (nSPS) is 13.3. The van der Waals surface area contributed by atoms with Crippen molar-refractivity contribution in [1.29, 1.82) is 0 Å². The molecule has 0 amide bonds. The molecule has 2 aromatic heterocycles. The molecule has 0 aliphatic carbocycles. The monoisotopic (exact) mass is 247 g/mol. The molecule has 0 spiro atoms. The number of nitrogens with zero attached hydrogens (tertiary/aromatic N) is 4. The number of aryl methyl sites for hydroxylation is 1. The van der Waals surface area contributed by atoms with Gasteiger partial charge in [0, 0.05) is 18.7 Å². The van der Waals surface area contributed by atoms with Crippen molar-refractivity contribution in [2.75, 3.05) is 6.54 Å². The Morgan fingerprint density at radius 3 is 2.83 bits per heavy atom. The fourth-order valence-electron chi connectivity index (χ4n) is 2.30. The van der Waals surface area contributed by atoms with Crippen LogP contribution < -0.4 is 5.73 Å². The van der Waals surface area contributed by atoms with Crippen molar-refractivity contribution in [2.24, 2.45) is 17.6 Å². The van der Waals surface area contributed by atoms with E-state index in [1.165, 1.54) is 0 Å². The van der Waals surface area contributed by atoms with Crippen LogP contribution in [0.15, 0.2) is 18.6 Å². The first-order valence-corrected chi connectivity index (χ1v) is 6.56. The minimum atomic E-state index is 0.652. The van der Waals surface area contributed by atoms with E-state index in [0.29, 0.717) is 11.8 Å². The summed E-state index contributed by atoms with van der Waals surface area (Å²) < 4.78 is 1.96. The predicted octanol–water partition coefficient (Wildman–Crippen LogP) is 1.68. The highest BCUT2D eigenvalue weighted by Gasteiger charge is 2.14. The second-order valence-corrected chi connectivity index (χ2v) is 5.04. The Hall–Kier alpha value is -1.49. The van der Waals surface area contributed by atoms with E-state index in [1.807, 2.05) is 10.5 Å². The lowest BCUT2D eigenvalue weighted by Crippen LogP contribution is -2.15. The Labute approximate surface area is 107 Å². The van der Waals surface area contributed by atoms with Crippen molar-refractivity contribution >= 4 is 5.65 Å². The van der Waals surface area contributed by atoms with E-state index < -0.39 is 0 Å². The predicted molar refractivity (Wildman–Crippen MR) is 71.1 cm³/mol. The molecule has 5 heteroatoms. The van der Waals surface area contributed by atoms with Gasteiger partial charge in [0.05, 0.1) is 0 Å². The van der Waals surface area contributed by atoms with Gasteiger partial charge in [0.2, 0.25) is 0 Å². The van der Waals surface area contributed by atoms with E-state index in [-0.39, 0.29) is 0 Å². The average Bonchev–Trinajstić information content (AvgIpc) is 2.77. The number of rotatable bonds is 6. The van der Waals surface area contributed by atoms with E-state index in [0.717, 1.165) is 37.3 Å². The van der Waals surface area contributed by atoms with E-state index >= 15 is 0 Å². The highest BCUT2D eigenvalue weighted by atomic mass is 15.3. The molecule has 0 saturated carbocycles. The maximum absolute atomic E-state index is 5.66. The Morgan fingerprint density at radius 1 is 1.28 bits per heavy atom. The molecule has 98 valence electrons. The van der Waals surface area contributed by atoms with E-state index in [4.69, 9.17) is 5.73 Å². The summed E-state index contributed by atoms with van der Waals surface area (Å²) in [6.45, 7) is 5.26. The minimum Gasteiger partial charge on any atom is -0.330 e. The summed E-state index contributed by atoms with van der Waals surface area (Å²) in [5.41, 5.74) is 6.52. The second-order valence-electron chi connectivity index (χ2n) is 5.04. The van der Waals surface area contributed by atoms with Crippen LogP contribution >= 0.6 is 0 Å². The van der Waals surface area contributed by atoms with Crippen LogP contribution in [0, 0.1) is 11.8 Å². The van der Waals surface area contributed by atoms with Gasteiger partial charge < -0.3 is 5.73 Å². The van der Waals surface area contributed by atoms with Gasteiger partial charge in [0.1, 0.15) is 12.2 Å².